The van der Waals surface area contributed by atoms with Crippen LogP contribution in [0.1, 0.15) is 5.56 Å². The quantitative estimate of drug-likeness (QED) is 0.639. The van der Waals surface area contributed by atoms with Gasteiger partial charge in [0.2, 0.25) is 0 Å². The Bertz CT molecular complexity index is 602. The van der Waals surface area contributed by atoms with Gasteiger partial charge in [-0.15, -0.1) is 0 Å². The molecule has 4 nitrogen and oxygen atoms in total. The van der Waals surface area contributed by atoms with Crippen LogP contribution in [-0.2, 0) is 0 Å². The van der Waals surface area contributed by atoms with Crippen LogP contribution in [0.15, 0.2) is 45.6 Å². The number of halogens is 2. The van der Waals surface area contributed by atoms with Crippen molar-refractivity contribution >= 4 is 37.7 Å². The molecular weight excluding hydrogens is 362 g/mol. The van der Waals surface area contributed by atoms with E-state index in [0.717, 1.165) is 8.95 Å². The summed E-state index contributed by atoms with van der Waals surface area (Å²) in [4.78, 5) is 4.01. The third-order valence-electron chi connectivity index (χ3n) is 2.14. The van der Waals surface area contributed by atoms with E-state index in [2.05, 4.69) is 36.8 Å². The van der Waals surface area contributed by atoms with Gasteiger partial charge in [-0.3, -0.25) is 10.4 Å². The minimum atomic E-state index is -0.0470. The van der Waals surface area contributed by atoms with Gasteiger partial charge in [-0.25, -0.2) is 0 Å². The summed E-state index contributed by atoms with van der Waals surface area (Å²) in [5.74, 6) is 1.05. The summed E-state index contributed by atoms with van der Waals surface area (Å²) in [5, 5.41) is 7.53. The van der Waals surface area contributed by atoms with Crippen LogP contribution >= 0.6 is 31.9 Å². The van der Waals surface area contributed by atoms with E-state index in [1.54, 1.807) is 30.6 Å². The van der Waals surface area contributed by atoms with Gasteiger partial charge in [0.1, 0.15) is 17.3 Å². The molecule has 1 heterocycles. The Labute approximate surface area is 121 Å². The fourth-order valence-corrected chi connectivity index (χ4v) is 2.08. The van der Waals surface area contributed by atoms with Crippen molar-refractivity contribution in [2.75, 3.05) is 0 Å². The summed E-state index contributed by atoms with van der Waals surface area (Å²) in [6, 6.07) is 7.11. The number of nitrogen functional groups attached to an aromatic ring is 1. The molecule has 0 bridgehead atoms. The maximum Gasteiger partial charge on any atom is 0.146 e. The van der Waals surface area contributed by atoms with Crippen LogP contribution in [0.25, 0.3) is 0 Å². The molecule has 18 heavy (non-hydrogen) atoms. The van der Waals surface area contributed by atoms with Gasteiger partial charge in [-0.2, -0.15) is 0 Å². The highest BCUT2D eigenvalue weighted by Crippen LogP contribution is 2.28. The maximum absolute atomic E-state index is 7.53. The molecule has 0 saturated carbocycles. The highest BCUT2D eigenvalue weighted by Gasteiger charge is 2.09. The fourth-order valence-electron chi connectivity index (χ4n) is 1.38. The zero-order valence-electron chi connectivity index (χ0n) is 9.15. The fraction of sp³-hybridized carbons (Fsp3) is 0. The highest BCUT2D eigenvalue weighted by molar-refractivity contribution is 9.10. The van der Waals surface area contributed by atoms with E-state index in [1.165, 1.54) is 0 Å². The molecule has 0 aliphatic rings. The Morgan fingerprint density at radius 2 is 1.94 bits per heavy atom. The summed E-state index contributed by atoms with van der Waals surface area (Å²) in [6.45, 7) is 0. The Balaban J connectivity index is 2.37. The lowest BCUT2D eigenvalue weighted by Gasteiger charge is -2.10. The van der Waals surface area contributed by atoms with Crippen molar-refractivity contribution in [1.82, 2.24) is 4.98 Å². The molecule has 6 heteroatoms. The average molecular weight is 371 g/mol. The zero-order valence-corrected chi connectivity index (χ0v) is 12.3. The van der Waals surface area contributed by atoms with Crippen molar-refractivity contribution in [3.8, 4) is 11.5 Å². The molecule has 2 aromatic rings. The van der Waals surface area contributed by atoms with Gasteiger partial charge in [0.05, 0.1) is 11.8 Å². The molecule has 3 N–H and O–H groups in total. The summed E-state index contributed by atoms with van der Waals surface area (Å²) in [7, 11) is 0. The van der Waals surface area contributed by atoms with Crippen molar-refractivity contribution in [1.29, 1.82) is 5.41 Å². The van der Waals surface area contributed by atoms with Crippen LogP contribution < -0.4 is 10.5 Å². The second kappa shape index (κ2) is 5.49. The predicted octanol–water partition coefficient (Wildman–Crippen LogP) is 3.68. The number of hydrogen-bond donors (Lipinski definition) is 2. The molecule has 0 aliphatic carbocycles. The third-order valence-corrected chi connectivity index (χ3v) is 3.07. The molecule has 0 unspecified atom stereocenters. The SMILES string of the molecule is N=C(N)c1cc(Br)ccc1Oc1cncc(Br)c1. The molecule has 0 spiro atoms. The minimum absolute atomic E-state index is 0.0470. The Hall–Kier alpha value is -1.40. The van der Waals surface area contributed by atoms with Gasteiger partial charge >= 0.3 is 0 Å². The smallest absolute Gasteiger partial charge is 0.146 e. The van der Waals surface area contributed by atoms with Gasteiger partial charge < -0.3 is 10.5 Å². The van der Waals surface area contributed by atoms with Crippen LogP contribution in [0.5, 0.6) is 11.5 Å². The first-order valence-electron chi connectivity index (χ1n) is 4.98. The van der Waals surface area contributed by atoms with Gasteiger partial charge in [0, 0.05) is 15.1 Å². The van der Waals surface area contributed by atoms with Crippen molar-refractivity contribution in [3.63, 3.8) is 0 Å². The van der Waals surface area contributed by atoms with Crippen molar-refractivity contribution in [3.05, 3.63) is 51.2 Å². The first kappa shape index (κ1) is 13.0. The number of benzene rings is 1. The van der Waals surface area contributed by atoms with E-state index in [-0.39, 0.29) is 5.84 Å². The van der Waals surface area contributed by atoms with Crippen LogP contribution in [0.3, 0.4) is 0 Å². The van der Waals surface area contributed by atoms with E-state index in [9.17, 15) is 0 Å². The van der Waals surface area contributed by atoms with Gasteiger partial charge in [-0.05, 0) is 40.2 Å². The molecule has 0 saturated heterocycles. The second-order valence-corrected chi connectivity index (χ2v) is 5.33. The van der Waals surface area contributed by atoms with Gasteiger partial charge in [-0.1, -0.05) is 15.9 Å². The van der Waals surface area contributed by atoms with E-state index in [4.69, 9.17) is 15.9 Å². The second-order valence-electron chi connectivity index (χ2n) is 3.50. The van der Waals surface area contributed by atoms with E-state index >= 15 is 0 Å². The molecule has 2 rings (SSSR count). The Morgan fingerprint density at radius 3 is 2.61 bits per heavy atom. The zero-order chi connectivity index (χ0) is 13.1. The lowest BCUT2D eigenvalue weighted by molar-refractivity contribution is 0.478. The molecule has 0 amide bonds. The summed E-state index contributed by atoms with van der Waals surface area (Å²) in [6.07, 6.45) is 3.26. The highest BCUT2D eigenvalue weighted by atomic mass is 79.9. The Morgan fingerprint density at radius 1 is 1.17 bits per heavy atom. The maximum atomic E-state index is 7.53. The molecular formula is C12H9Br2N3O. The molecule has 1 aromatic heterocycles. The molecule has 0 radical (unpaired) electrons. The molecule has 0 atom stereocenters. The first-order valence-corrected chi connectivity index (χ1v) is 6.57. The first-order chi connectivity index (χ1) is 8.56. The van der Waals surface area contributed by atoms with Crippen molar-refractivity contribution in [2.45, 2.75) is 0 Å². The number of amidine groups is 1. The number of pyridine rings is 1. The molecule has 0 aliphatic heterocycles. The van der Waals surface area contributed by atoms with Crippen LogP contribution in [0, 0.1) is 5.41 Å². The molecule has 0 fully saturated rings. The number of rotatable bonds is 3. The number of nitrogens with two attached hydrogens (primary N) is 1. The summed E-state index contributed by atoms with van der Waals surface area (Å²) >= 11 is 6.65. The van der Waals surface area contributed by atoms with Gasteiger partial charge in [0.15, 0.2) is 0 Å². The lowest BCUT2D eigenvalue weighted by Crippen LogP contribution is -2.12. The van der Waals surface area contributed by atoms with Crippen LogP contribution in [0.4, 0.5) is 0 Å². The monoisotopic (exact) mass is 369 g/mol. The van der Waals surface area contributed by atoms with E-state index < -0.39 is 0 Å². The predicted molar refractivity (Wildman–Crippen MR) is 77.2 cm³/mol. The number of nitrogens with one attached hydrogen (secondary N) is 1. The van der Waals surface area contributed by atoms with Crippen LogP contribution in [-0.4, -0.2) is 10.8 Å². The van der Waals surface area contributed by atoms with Crippen molar-refractivity contribution < 1.29 is 4.74 Å². The standard InChI is InChI=1S/C12H9Br2N3O/c13-7-1-2-11(10(4-7)12(15)16)18-9-3-8(14)5-17-6-9/h1-6H,(H3,15,16). The summed E-state index contributed by atoms with van der Waals surface area (Å²) in [5.41, 5.74) is 6.06. The minimum Gasteiger partial charge on any atom is -0.455 e. The van der Waals surface area contributed by atoms with Crippen molar-refractivity contribution in [2.24, 2.45) is 5.73 Å². The van der Waals surface area contributed by atoms with Gasteiger partial charge in [0.25, 0.3) is 0 Å². The van der Waals surface area contributed by atoms with E-state index in [0.29, 0.717) is 17.1 Å². The Kier molecular flexibility index (Phi) is 3.98. The number of ether oxygens (including phenoxy) is 1. The molecule has 92 valence electrons. The number of hydrogen-bond acceptors (Lipinski definition) is 3. The lowest BCUT2D eigenvalue weighted by atomic mass is 10.2. The average Bonchev–Trinajstić information content (AvgIpc) is 2.31. The third kappa shape index (κ3) is 3.08. The van der Waals surface area contributed by atoms with E-state index in [1.807, 2.05) is 6.07 Å². The van der Waals surface area contributed by atoms with Crippen LogP contribution in [0.2, 0.25) is 0 Å². The topological polar surface area (TPSA) is 72.0 Å². The number of nitrogens with zero attached hydrogens (tertiary/aromatic N) is 1. The normalized spacial score (nSPS) is 10.1. The number of aromatic nitrogens is 1. The summed E-state index contributed by atoms with van der Waals surface area (Å²) < 4.78 is 7.33. The molecule has 1 aromatic carbocycles. The largest absolute Gasteiger partial charge is 0.455 e.